The lowest BCUT2D eigenvalue weighted by atomic mass is 10.2. The number of aliphatic hydroxyl groups excluding tert-OH is 1. The summed E-state index contributed by atoms with van der Waals surface area (Å²) >= 11 is 0. The van der Waals surface area contributed by atoms with E-state index in [0.29, 0.717) is 10.9 Å². The molecule has 0 aliphatic heterocycles. The lowest BCUT2D eigenvalue weighted by Gasteiger charge is -2.06. The molecule has 5 heteroatoms. The fourth-order valence-corrected chi connectivity index (χ4v) is 1.56. The molecule has 1 aromatic heterocycles. The number of hydrogen-bond acceptors (Lipinski definition) is 3. The van der Waals surface area contributed by atoms with Gasteiger partial charge in [-0.25, -0.2) is 4.79 Å². The molecule has 0 radical (unpaired) electrons. The fourth-order valence-electron chi connectivity index (χ4n) is 1.56. The van der Waals surface area contributed by atoms with Crippen molar-refractivity contribution >= 4 is 10.9 Å². The standard InChI is InChI=1S/C10H10N2O3/c13-6-5-12-8-4-2-1-3-7(8)9(14)11-10(12)15/h1-4,13H,5-6H2,(H,11,14,15). The summed E-state index contributed by atoms with van der Waals surface area (Å²) in [6, 6.07) is 6.80. The first kappa shape index (κ1) is 9.67. The molecule has 0 amide bonds. The van der Waals surface area contributed by atoms with Crippen LogP contribution in [0.25, 0.3) is 10.9 Å². The molecule has 78 valence electrons. The number of benzene rings is 1. The van der Waals surface area contributed by atoms with E-state index in [4.69, 9.17) is 5.11 Å². The summed E-state index contributed by atoms with van der Waals surface area (Å²) in [6.45, 7) is 0.0338. The van der Waals surface area contributed by atoms with Gasteiger partial charge >= 0.3 is 5.69 Å². The van der Waals surface area contributed by atoms with Gasteiger partial charge in [-0.1, -0.05) is 12.1 Å². The van der Waals surface area contributed by atoms with Crippen LogP contribution in [0.15, 0.2) is 33.9 Å². The molecule has 0 saturated carbocycles. The number of nitrogens with one attached hydrogen (secondary N) is 1. The van der Waals surface area contributed by atoms with Crippen LogP contribution in [0.3, 0.4) is 0 Å². The van der Waals surface area contributed by atoms with Crippen molar-refractivity contribution in [2.75, 3.05) is 6.61 Å². The Bertz CT molecular complexity index is 597. The second-order valence-corrected chi connectivity index (χ2v) is 3.15. The number of aromatic nitrogens is 2. The van der Waals surface area contributed by atoms with Crippen LogP contribution in [0.1, 0.15) is 0 Å². The smallest absolute Gasteiger partial charge is 0.328 e. The Labute approximate surface area is 84.6 Å². The first-order chi connectivity index (χ1) is 7.24. The zero-order valence-corrected chi connectivity index (χ0v) is 7.93. The Hall–Kier alpha value is -1.88. The van der Waals surface area contributed by atoms with E-state index in [1.165, 1.54) is 4.57 Å². The van der Waals surface area contributed by atoms with Gasteiger partial charge in [-0.15, -0.1) is 0 Å². The van der Waals surface area contributed by atoms with Crippen LogP contribution >= 0.6 is 0 Å². The molecule has 0 spiro atoms. The van der Waals surface area contributed by atoms with Crippen LogP contribution in [0.4, 0.5) is 0 Å². The molecule has 15 heavy (non-hydrogen) atoms. The molecule has 2 aromatic rings. The third-order valence-corrected chi connectivity index (χ3v) is 2.23. The minimum atomic E-state index is -0.493. The van der Waals surface area contributed by atoms with Crippen molar-refractivity contribution in [1.82, 2.24) is 9.55 Å². The lowest BCUT2D eigenvalue weighted by Crippen LogP contribution is -2.31. The summed E-state index contributed by atoms with van der Waals surface area (Å²) in [5.74, 6) is 0. The van der Waals surface area contributed by atoms with Crippen molar-refractivity contribution < 1.29 is 5.11 Å². The van der Waals surface area contributed by atoms with Gasteiger partial charge in [-0.05, 0) is 12.1 Å². The summed E-state index contributed by atoms with van der Waals surface area (Å²) in [7, 11) is 0. The predicted molar refractivity (Wildman–Crippen MR) is 55.9 cm³/mol. The Kier molecular flexibility index (Phi) is 2.39. The van der Waals surface area contributed by atoms with Gasteiger partial charge in [0, 0.05) is 0 Å². The second-order valence-electron chi connectivity index (χ2n) is 3.15. The summed E-state index contributed by atoms with van der Waals surface area (Å²) < 4.78 is 1.34. The van der Waals surface area contributed by atoms with Crippen molar-refractivity contribution in [1.29, 1.82) is 0 Å². The zero-order valence-electron chi connectivity index (χ0n) is 7.93. The topological polar surface area (TPSA) is 75.1 Å². The predicted octanol–water partition coefficient (Wildman–Crippen LogP) is -0.318. The quantitative estimate of drug-likeness (QED) is 0.707. The molecule has 0 atom stereocenters. The number of rotatable bonds is 2. The number of hydrogen-bond donors (Lipinski definition) is 2. The summed E-state index contributed by atoms with van der Waals surface area (Å²) in [6.07, 6.45) is 0. The van der Waals surface area contributed by atoms with E-state index in [2.05, 4.69) is 4.98 Å². The Morgan fingerprint density at radius 3 is 2.73 bits per heavy atom. The first-order valence-electron chi connectivity index (χ1n) is 4.57. The average molecular weight is 206 g/mol. The second kappa shape index (κ2) is 3.70. The van der Waals surface area contributed by atoms with Crippen LogP contribution in [0.2, 0.25) is 0 Å². The normalized spacial score (nSPS) is 10.7. The number of para-hydroxylation sites is 1. The summed E-state index contributed by atoms with van der Waals surface area (Å²) in [5.41, 5.74) is -0.349. The van der Waals surface area contributed by atoms with E-state index in [0.717, 1.165) is 0 Å². The molecule has 0 unspecified atom stereocenters. The van der Waals surface area contributed by atoms with E-state index in [9.17, 15) is 9.59 Å². The van der Waals surface area contributed by atoms with Crippen LogP contribution in [-0.2, 0) is 6.54 Å². The summed E-state index contributed by atoms with van der Waals surface area (Å²) in [5, 5.41) is 9.27. The maximum Gasteiger partial charge on any atom is 0.328 e. The van der Waals surface area contributed by atoms with Gasteiger partial charge in [0.05, 0.1) is 24.1 Å². The highest BCUT2D eigenvalue weighted by atomic mass is 16.3. The molecule has 0 aliphatic rings. The van der Waals surface area contributed by atoms with Crippen molar-refractivity contribution in [3.63, 3.8) is 0 Å². The molecule has 0 fully saturated rings. The SMILES string of the molecule is O=c1[nH]c(=O)n(CCO)c2ccccc12. The van der Waals surface area contributed by atoms with Gasteiger partial charge in [0.25, 0.3) is 5.56 Å². The molecule has 1 aromatic carbocycles. The molecule has 5 nitrogen and oxygen atoms in total. The highest BCUT2D eigenvalue weighted by Crippen LogP contribution is 2.05. The maximum absolute atomic E-state index is 11.4. The minimum absolute atomic E-state index is 0.143. The van der Waals surface area contributed by atoms with E-state index >= 15 is 0 Å². The third-order valence-electron chi connectivity index (χ3n) is 2.23. The number of fused-ring (bicyclic) bond motifs is 1. The zero-order chi connectivity index (χ0) is 10.8. The largest absolute Gasteiger partial charge is 0.395 e. The van der Waals surface area contributed by atoms with E-state index in [-0.39, 0.29) is 13.2 Å². The van der Waals surface area contributed by atoms with Crippen LogP contribution in [0, 0.1) is 0 Å². The first-order valence-corrected chi connectivity index (χ1v) is 4.57. The molecule has 0 aliphatic carbocycles. The average Bonchev–Trinajstić information content (AvgIpc) is 2.24. The van der Waals surface area contributed by atoms with Gasteiger partial charge in [-0.3, -0.25) is 14.3 Å². The third kappa shape index (κ3) is 1.57. The Morgan fingerprint density at radius 1 is 1.27 bits per heavy atom. The molecule has 0 saturated heterocycles. The van der Waals surface area contributed by atoms with Gasteiger partial charge in [-0.2, -0.15) is 0 Å². The van der Waals surface area contributed by atoms with Crippen LogP contribution in [0.5, 0.6) is 0 Å². The highest BCUT2D eigenvalue weighted by Gasteiger charge is 2.05. The summed E-state index contributed by atoms with van der Waals surface area (Å²) in [4.78, 5) is 25.1. The van der Waals surface area contributed by atoms with Crippen LogP contribution < -0.4 is 11.2 Å². The van der Waals surface area contributed by atoms with Crippen molar-refractivity contribution in [3.8, 4) is 0 Å². The van der Waals surface area contributed by atoms with Crippen molar-refractivity contribution in [2.45, 2.75) is 6.54 Å². The maximum atomic E-state index is 11.4. The fraction of sp³-hybridized carbons (Fsp3) is 0.200. The van der Waals surface area contributed by atoms with Crippen LogP contribution in [-0.4, -0.2) is 21.3 Å². The van der Waals surface area contributed by atoms with Crippen molar-refractivity contribution in [2.24, 2.45) is 0 Å². The molecule has 2 rings (SSSR count). The molecule has 2 N–H and O–H groups in total. The number of H-pyrrole nitrogens is 1. The number of aromatic amines is 1. The van der Waals surface area contributed by atoms with E-state index in [1.54, 1.807) is 24.3 Å². The van der Waals surface area contributed by atoms with Gasteiger partial charge in [0.1, 0.15) is 0 Å². The van der Waals surface area contributed by atoms with Gasteiger partial charge in [0.15, 0.2) is 0 Å². The molecule has 0 bridgehead atoms. The molecule has 1 heterocycles. The number of nitrogens with zero attached hydrogens (tertiary/aromatic N) is 1. The van der Waals surface area contributed by atoms with E-state index in [1.807, 2.05) is 0 Å². The van der Waals surface area contributed by atoms with E-state index < -0.39 is 11.2 Å². The molecular formula is C10H10N2O3. The van der Waals surface area contributed by atoms with Gasteiger partial charge in [0.2, 0.25) is 0 Å². The highest BCUT2D eigenvalue weighted by molar-refractivity contribution is 5.77. The van der Waals surface area contributed by atoms with Gasteiger partial charge < -0.3 is 5.11 Å². The number of aliphatic hydroxyl groups is 1. The monoisotopic (exact) mass is 206 g/mol. The Balaban J connectivity index is 2.90. The Morgan fingerprint density at radius 2 is 2.00 bits per heavy atom. The molecular weight excluding hydrogens is 196 g/mol. The van der Waals surface area contributed by atoms with Crippen molar-refractivity contribution in [3.05, 3.63) is 45.1 Å². The lowest BCUT2D eigenvalue weighted by molar-refractivity contribution is 0.275. The minimum Gasteiger partial charge on any atom is -0.395 e.